The number of anilines is 1. The third-order valence-electron chi connectivity index (χ3n) is 3.65. The van der Waals surface area contributed by atoms with Crippen LogP contribution in [0, 0.1) is 0 Å². The molecule has 0 spiro atoms. The minimum atomic E-state index is 0.137. The highest BCUT2D eigenvalue weighted by molar-refractivity contribution is 5.77. The van der Waals surface area contributed by atoms with Gasteiger partial charge in [-0.05, 0) is 37.0 Å². The fourth-order valence-corrected chi connectivity index (χ4v) is 2.33. The number of carbonyl (C=O) groups is 1. The third-order valence-corrected chi connectivity index (χ3v) is 3.65. The Morgan fingerprint density at radius 2 is 1.85 bits per heavy atom. The van der Waals surface area contributed by atoms with Gasteiger partial charge >= 0.3 is 0 Å². The van der Waals surface area contributed by atoms with Crippen LogP contribution in [0.2, 0.25) is 0 Å². The molecule has 1 rings (SSSR count). The summed E-state index contributed by atoms with van der Waals surface area (Å²) in [5.74, 6) is 0.358. The second-order valence-corrected chi connectivity index (χ2v) is 5.74. The molecule has 0 saturated carbocycles. The van der Waals surface area contributed by atoms with E-state index in [9.17, 15) is 4.79 Å². The molecule has 2 unspecified atom stereocenters. The molecule has 1 amide bonds. The SMILES string of the molecule is CCCCCC(C)NC(=O)CC(C)c1ccc(N)cc1. The van der Waals surface area contributed by atoms with Gasteiger partial charge in [-0.15, -0.1) is 0 Å². The van der Waals surface area contributed by atoms with Gasteiger partial charge in [-0.1, -0.05) is 45.2 Å². The van der Waals surface area contributed by atoms with Gasteiger partial charge < -0.3 is 11.1 Å². The van der Waals surface area contributed by atoms with Crippen molar-refractivity contribution in [1.29, 1.82) is 0 Å². The first-order valence-electron chi connectivity index (χ1n) is 7.67. The van der Waals surface area contributed by atoms with Crippen molar-refractivity contribution in [2.75, 3.05) is 5.73 Å². The monoisotopic (exact) mass is 276 g/mol. The molecule has 3 heteroatoms. The summed E-state index contributed by atoms with van der Waals surface area (Å²) in [6.45, 7) is 6.35. The van der Waals surface area contributed by atoms with Crippen LogP contribution in [0.5, 0.6) is 0 Å². The second-order valence-electron chi connectivity index (χ2n) is 5.74. The van der Waals surface area contributed by atoms with Gasteiger partial charge in [0.2, 0.25) is 5.91 Å². The van der Waals surface area contributed by atoms with E-state index in [0.29, 0.717) is 6.42 Å². The Morgan fingerprint density at radius 1 is 1.20 bits per heavy atom. The van der Waals surface area contributed by atoms with E-state index in [0.717, 1.165) is 17.7 Å². The van der Waals surface area contributed by atoms with E-state index in [-0.39, 0.29) is 17.9 Å². The lowest BCUT2D eigenvalue weighted by molar-refractivity contribution is -0.122. The molecule has 3 N–H and O–H groups in total. The first kappa shape index (κ1) is 16.5. The molecular formula is C17H28N2O. The van der Waals surface area contributed by atoms with E-state index in [1.54, 1.807) is 0 Å². The van der Waals surface area contributed by atoms with Crippen molar-refractivity contribution in [3.63, 3.8) is 0 Å². The Balaban J connectivity index is 2.35. The second kappa shape index (κ2) is 8.62. The van der Waals surface area contributed by atoms with Crippen LogP contribution >= 0.6 is 0 Å². The van der Waals surface area contributed by atoms with Crippen LogP contribution in [0.1, 0.15) is 64.4 Å². The van der Waals surface area contributed by atoms with Crippen LogP contribution in [0.4, 0.5) is 5.69 Å². The van der Waals surface area contributed by atoms with Crippen LogP contribution < -0.4 is 11.1 Å². The van der Waals surface area contributed by atoms with Crippen LogP contribution in [-0.4, -0.2) is 11.9 Å². The molecule has 0 aliphatic rings. The van der Waals surface area contributed by atoms with Gasteiger partial charge in [0.05, 0.1) is 0 Å². The standard InChI is InChI=1S/C17H28N2O/c1-4-5-6-7-14(3)19-17(20)12-13(2)15-8-10-16(18)11-9-15/h8-11,13-14H,4-7,12,18H2,1-3H3,(H,19,20). The van der Waals surface area contributed by atoms with Crippen molar-refractivity contribution >= 4 is 11.6 Å². The topological polar surface area (TPSA) is 55.1 Å². The van der Waals surface area contributed by atoms with E-state index in [2.05, 4.69) is 26.1 Å². The number of hydrogen-bond acceptors (Lipinski definition) is 2. The average molecular weight is 276 g/mol. The molecule has 0 fully saturated rings. The van der Waals surface area contributed by atoms with Crippen molar-refractivity contribution in [2.45, 2.75) is 64.8 Å². The number of amides is 1. The maximum absolute atomic E-state index is 12.0. The average Bonchev–Trinajstić information content (AvgIpc) is 2.39. The Labute approximate surface area is 122 Å². The third kappa shape index (κ3) is 6.09. The Kier molecular flexibility index (Phi) is 7.13. The minimum Gasteiger partial charge on any atom is -0.399 e. The molecule has 0 aromatic heterocycles. The predicted octanol–water partition coefficient (Wildman–Crippen LogP) is 3.85. The van der Waals surface area contributed by atoms with Gasteiger partial charge in [-0.3, -0.25) is 4.79 Å². The first-order chi connectivity index (χ1) is 9.52. The highest BCUT2D eigenvalue weighted by atomic mass is 16.1. The van der Waals surface area contributed by atoms with E-state index in [1.807, 2.05) is 24.3 Å². The molecule has 0 aliphatic heterocycles. The largest absolute Gasteiger partial charge is 0.399 e. The minimum absolute atomic E-state index is 0.137. The van der Waals surface area contributed by atoms with Gasteiger partial charge in [0.15, 0.2) is 0 Å². The summed E-state index contributed by atoms with van der Waals surface area (Å²) in [6.07, 6.45) is 5.24. The first-order valence-corrected chi connectivity index (χ1v) is 7.67. The zero-order valence-electron chi connectivity index (χ0n) is 13.0. The summed E-state index contributed by atoms with van der Waals surface area (Å²) in [5.41, 5.74) is 7.59. The summed E-state index contributed by atoms with van der Waals surface area (Å²) < 4.78 is 0. The molecule has 3 nitrogen and oxygen atoms in total. The van der Waals surface area contributed by atoms with Crippen molar-refractivity contribution in [3.05, 3.63) is 29.8 Å². The summed E-state index contributed by atoms with van der Waals surface area (Å²) >= 11 is 0. The number of nitrogens with two attached hydrogens (primary N) is 1. The van der Waals surface area contributed by atoms with Crippen LogP contribution in [0.3, 0.4) is 0 Å². The molecule has 0 heterocycles. The van der Waals surface area contributed by atoms with Gasteiger partial charge in [-0.2, -0.15) is 0 Å². The summed E-state index contributed by atoms with van der Waals surface area (Å²) in [5, 5.41) is 3.09. The fourth-order valence-electron chi connectivity index (χ4n) is 2.33. The molecule has 20 heavy (non-hydrogen) atoms. The van der Waals surface area contributed by atoms with Gasteiger partial charge in [-0.25, -0.2) is 0 Å². The van der Waals surface area contributed by atoms with Crippen LogP contribution in [-0.2, 0) is 4.79 Å². The number of rotatable bonds is 8. The summed E-state index contributed by atoms with van der Waals surface area (Å²) in [6, 6.07) is 8.04. The maximum atomic E-state index is 12.0. The number of unbranched alkanes of at least 4 members (excludes halogenated alkanes) is 2. The molecule has 0 radical (unpaired) electrons. The van der Waals surface area contributed by atoms with Crippen molar-refractivity contribution in [2.24, 2.45) is 0 Å². The molecule has 2 atom stereocenters. The van der Waals surface area contributed by atoms with E-state index in [1.165, 1.54) is 19.3 Å². The maximum Gasteiger partial charge on any atom is 0.220 e. The summed E-state index contributed by atoms with van der Waals surface area (Å²) in [7, 11) is 0. The van der Waals surface area contributed by atoms with Crippen LogP contribution in [0.15, 0.2) is 24.3 Å². The lowest BCUT2D eigenvalue weighted by Gasteiger charge is -2.16. The Hall–Kier alpha value is -1.51. The lowest BCUT2D eigenvalue weighted by atomic mass is 9.97. The lowest BCUT2D eigenvalue weighted by Crippen LogP contribution is -2.33. The zero-order valence-corrected chi connectivity index (χ0v) is 13.0. The van der Waals surface area contributed by atoms with E-state index in [4.69, 9.17) is 5.73 Å². The molecular weight excluding hydrogens is 248 g/mol. The fraction of sp³-hybridized carbons (Fsp3) is 0.588. The highest BCUT2D eigenvalue weighted by Crippen LogP contribution is 2.20. The predicted molar refractivity (Wildman–Crippen MR) is 85.6 cm³/mol. The summed E-state index contributed by atoms with van der Waals surface area (Å²) in [4.78, 5) is 12.0. The number of hydrogen-bond donors (Lipinski definition) is 2. The van der Waals surface area contributed by atoms with Crippen molar-refractivity contribution < 1.29 is 4.79 Å². The molecule has 1 aromatic carbocycles. The normalized spacial score (nSPS) is 13.8. The Bertz CT molecular complexity index is 400. The van der Waals surface area contributed by atoms with E-state index < -0.39 is 0 Å². The van der Waals surface area contributed by atoms with E-state index >= 15 is 0 Å². The quantitative estimate of drug-likeness (QED) is 0.560. The molecule has 0 saturated heterocycles. The molecule has 112 valence electrons. The van der Waals surface area contributed by atoms with Crippen molar-refractivity contribution in [1.82, 2.24) is 5.32 Å². The van der Waals surface area contributed by atoms with Gasteiger partial charge in [0.1, 0.15) is 0 Å². The van der Waals surface area contributed by atoms with Crippen molar-refractivity contribution in [3.8, 4) is 0 Å². The highest BCUT2D eigenvalue weighted by Gasteiger charge is 2.13. The molecule has 0 bridgehead atoms. The zero-order chi connectivity index (χ0) is 15.0. The molecule has 1 aromatic rings. The number of carbonyl (C=O) groups excluding carboxylic acids is 1. The molecule has 0 aliphatic carbocycles. The number of nitrogens with one attached hydrogen (secondary N) is 1. The van der Waals surface area contributed by atoms with Gasteiger partial charge in [0, 0.05) is 18.2 Å². The van der Waals surface area contributed by atoms with Gasteiger partial charge in [0.25, 0.3) is 0 Å². The Morgan fingerprint density at radius 3 is 2.45 bits per heavy atom. The number of nitrogen functional groups attached to an aromatic ring is 1. The smallest absolute Gasteiger partial charge is 0.220 e. The number of benzene rings is 1. The van der Waals surface area contributed by atoms with Crippen LogP contribution in [0.25, 0.3) is 0 Å².